The second-order valence-electron chi connectivity index (χ2n) is 4.76. The fraction of sp³-hybridized carbons (Fsp3) is 0.429. The van der Waals surface area contributed by atoms with Crippen LogP contribution in [0.1, 0.15) is 11.4 Å². The van der Waals surface area contributed by atoms with E-state index in [4.69, 9.17) is 4.74 Å². The average molecular weight is 258 g/mol. The van der Waals surface area contributed by atoms with Crippen molar-refractivity contribution in [2.75, 3.05) is 26.3 Å². The maximum absolute atomic E-state index is 5.36. The van der Waals surface area contributed by atoms with E-state index in [1.807, 2.05) is 35.0 Å². The van der Waals surface area contributed by atoms with Crippen molar-refractivity contribution in [1.82, 2.24) is 19.9 Å². The zero-order chi connectivity index (χ0) is 13.1. The summed E-state index contributed by atoms with van der Waals surface area (Å²) in [4.78, 5) is 2.36. The third-order valence-corrected chi connectivity index (χ3v) is 3.47. The van der Waals surface area contributed by atoms with Crippen LogP contribution in [0.3, 0.4) is 0 Å². The van der Waals surface area contributed by atoms with Crippen molar-refractivity contribution < 1.29 is 4.74 Å². The molecule has 1 saturated heterocycles. The van der Waals surface area contributed by atoms with Gasteiger partial charge in [-0.2, -0.15) is 0 Å². The molecule has 100 valence electrons. The first-order chi connectivity index (χ1) is 9.34. The van der Waals surface area contributed by atoms with E-state index >= 15 is 0 Å². The first-order valence-electron chi connectivity index (χ1n) is 6.61. The van der Waals surface area contributed by atoms with Gasteiger partial charge in [0.2, 0.25) is 0 Å². The maximum atomic E-state index is 5.36. The molecule has 0 aliphatic carbocycles. The Hall–Kier alpha value is -1.72. The molecule has 0 bridgehead atoms. The average Bonchev–Trinajstić information content (AvgIpc) is 2.82. The molecular weight excluding hydrogens is 240 g/mol. The summed E-state index contributed by atoms with van der Waals surface area (Å²) in [5, 5.41) is 8.58. The van der Waals surface area contributed by atoms with Gasteiger partial charge in [-0.25, -0.2) is 4.68 Å². The highest BCUT2D eigenvalue weighted by Crippen LogP contribution is 2.13. The standard InChI is InChI=1S/C14H18N4O/c1-12-14(11-17-7-9-19-10-8-17)15-16-18(12)13-5-3-2-4-6-13/h2-6H,7-11H2,1H3. The number of benzene rings is 1. The fourth-order valence-corrected chi connectivity index (χ4v) is 2.29. The van der Waals surface area contributed by atoms with Crippen molar-refractivity contribution in [1.29, 1.82) is 0 Å². The first kappa shape index (κ1) is 12.3. The number of rotatable bonds is 3. The van der Waals surface area contributed by atoms with E-state index in [1.54, 1.807) is 0 Å². The molecule has 2 heterocycles. The molecule has 0 amide bonds. The van der Waals surface area contributed by atoms with Gasteiger partial charge >= 0.3 is 0 Å². The zero-order valence-electron chi connectivity index (χ0n) is 11.1. The Morgan fingerprint density at radius 3 is 2.63 bits per heavy atom. The third kappa shape index (κ3) is 2.67. The molecule has 19 heavy (non-hydrogen) atoms. The van der Waals surface area contributed by atoms with Gasteiger partial charge in [0.25, 0.3) is 0 Å². The number of ether oxygens (including phenoxy) is 1. The van der Waals surface area contributed by atoms with Gasteiger partial charge in [0.05, 0.1) is 24.6 Å². The minimum Gasteiger partial charge on any atom is -0.379 e. The lowest BCUT2D eigenvalue weighted by atomic mass is 10.2. The number of para-hydroxylation sites is 1. The Labute approximate surface area is 112 Å². The van der Waals surface area contributed by atoms with E-state index < -0.39 is 0 Å². The van der Waals surface area contributed by atoms with E-state index in [0.29, 0.717) is 0 Å². The topological polar surface area (TPSA) is 43.2 Å². The molecule has 0 atom stereocenters. The molecule has 1 aromatic heterocycles. The third-order valence-electron chi connectivity index (χ3n) is 3.47. The van der Waals surface area contributed by atoms with Crippen molar-refractivity contribution in [2.24, 2.45) is 0 Å². The lowest BCUT2D eigenvalue weighted by Gasteiger charge is -2.25. The van der Waals surface area contributed by atoms with Crippen LogP contribution in [0.25, 0.3) is 5.69 Å². The van der Waals surface area contributed by atoms with Gasteiger partial charge in [-0.1, -0.05) is 23.4 Å². The Kier molecular flexibility index (Phi) is 3.57. The molecule has 0 radical (unpaired) electrons. The van der Waals surface area contributed by atoms with Crippen LogP contribution in [-0.2, 0) is 11.3 Å². The summed E-state index contributed by atoms with van der Waals surface area (Å²) < 4.78 is 7.26. The smallest absolute Gasteiger partial charge is 0.100 e. The van der Waals surface area contributed by atoms with E-state index in [1.165, 1.54) is 0 Å². The van der Waals surface area contributed by atoms with Gasteiger partial charge in [-0.3, -0.25) is 4.90 Å². The Bertz CT molecular complexity index is 532. The second kappa shape index (κ2) is 5.50. The van der Waals surface area contributed by atoms with Crippen LogP contribution in [0.2, 0.25) is 0 Å². The van der Waals surface area contributed by atoms with Gasteiger partial charge < -0.3 is 4.74 Å². The van der Waals surface area contributed by atoms with E-state index in [9.17, 15) is 0 Å². The van der Waals surface area contributed by atoms with Crippen LogP contribution in [0, 0.1) is 6.92 Å². The fourth-order valence-electron chi connectivity index (χ4n) is 2.29. The summed E-state index contributed by atoms with van der Waals surface area (Å²) >= 11 is 0. The predicted molar refractivity (Wildman–Crippen MR) is 72.2 cm³/mol. The number of hydrogen-bond acceptors (Lipinski definition) is 4. The highest BCUT2D eigenvalue weighted by atomic mass is 16.5. The summed E-state index contributed by atoms with van der Waals surface area (Å²) in [5.74, 6) is 0. The SMILES string of the molecule is Cc1c(CN2CCOCC2)nnn1-c1ccccc1. The minimum atomic E-state index is 0.811. The van der Waals surface area contributed by atoms with Crippen LogP contribution in [0.4, 0.5) is 0 Å². The molecule has 0 N–H and O–H groups in total. The molecule has 0 saturated carbocycles. The number of hydrogen-bond donors (Lipinski definition) is 0. The van der Waals surface area contributed by atoms with Crippen molar-refractivity contribution in [3.8, 4) is 5.69 Å². The molecule has 2 aromatic rings. The van der Waals surface area contributed by atoms with Gasteiger partial charge in [0, 0.05) is 19.6 Å². The number of nitrogens with zero attached hydrogens (tertiary/aromatic N) is 4. The van der Waals surface area contributed by atoms with Crippen LogP contribution < -0.4 is 0 Å². The monoisotopic (exact) mass is 258 g/mol. The van der Waals surface area contributed by atoms with Crippen LogP contribution in [0.15, 0.2) is 30.3 Å². The first-order valence-corrected chi connectivity index (χ1v) is 6.61. The van der Waals surface area contributed by atoms with Crippen molar-refractivity contribution in [2.45, 2.75) is 13.5 Å². The van der Waals surface area contributed by atoms with Gasteiger partial charge in [-0.05, 0) is 19.1 Å². The largest absolute Gasteiger partial charge is 0.379 e. The Morgan fingerprint density at radius 1 is 1.16 bits per heavy atom. The van der Waals surface area contributed by atoms with Gasteiger partial charge in [0.1, 0.15) is 5.69 Å². The predicted octanol–water partition coefficient (Wildman–Crippen LogP) is 1.41. The molecule has 3 rings (SSSR count). The van der Waals surface area contributed by atoms with Crippen LogP contribution >= 0.6 is 0 Å². The van der Waals surface area contributed by atoms with Crippen molar-refractivity contribution in [3.63, 3.8) is 0 Å². The maximum Gasteiger partial charge on any atom is 0.100 e. The highest BCUT2D eigenvalue weighted by molar-refractivity contribution is 5.32. The second-order valence-corrected chi connectivity index (χ2v) is 4.76. The summed E-state index contributed by atoms with van der Waals surface area (Å²) in [5.41, 5.74) is 3.21. The summed E-state index contributed by atoms with van der Waals surface area (Å²) in [6.45, 7) is 6.48. The molecule has 0 spiro atoms. The summed E-state index contributed by atoms with van der Waals surface area (Å²) in [7, 11) is 0. The van der Waals surface area contributed by atoms with Crippen LogP contribution in [0.5, 0.6) is 0 Å². The molecule has 1 fully saturated rings. The molecule has 0 unspecified atom stereocenters. The van der Waals surface area contributed by atoms with Gasteiger partial charge in [0.15, 0.2) is 0 Å². The normalized spacial score (nSPS) is 16.7. The summed E-state index contributed by atoms with van der Waals surface area (Å²) in [6.07, 6.45) is 0. The van der Waals surface area contributed by atoms with Crippen LogP contribution in [-0.4, -0.2) is 46.2 Å². The summed E-state index contributed by atoms with van der Waals surface area (Å²) in [6, 6.07) is 10.1. The minimum absolute atomic E-state index is 0.811. The highest BCUT2D eigenvalue weighted by Gasteiger charge is 2.16. The van der Waals surface area contributed by atoms with E-state index in [2.05, 4.69) is 22.1 Å². The van der Waals surface area contributed by atoms with Crippen molar-refractivity contribution >= 4 is 0 Å². The zero-order valence-corrected chi connectivity index (χ0v) is 11.1. The lowest BCUT2D eigenvalue weighted by Crippen LogP contribution is -2.35. The molecular formula is C14H18N4O. The Balaban J connectivity index is 1.79. The molecule has 1 aliphatic heterocycles. The Morgan fingerprint density at radius 2 is 1.89 bits per heavy atom. The molecule has 5 nitrogen and oxygen atoms in total. The molecule has 5 heteroatoms. The number of morpholine rings is 1. The lowest BCUT2D eigenvalue weighted by molar-refractivity contribution is 0.0335. The van der Waals surface area contributed by atoms with E-state index in [-0.39, 0.29) is 0 Å². The molecule has 1 aromatic carbocycles. The molecule has 1 aliphatic rings. The van der Waals surface area contributed by atoms with Crippen molar-refractivity contribution in [3.05, 3.63) is 41.7 Å². The van der Waals surface area contributed by atoms with E-state index in [0.717, 1.165) is 49.9 Å². The van der Waals surface area contributed by atoms with Gasteiger partial charge in [-0.15, -0.1) is 5.10 Å². The quantitative estimate of drug-likeness (QED) is 0.835. The number of aromatic nitrogens is 3.